The largest absolute Gasteiger partial charge is 0.478 e. The zero-order chi connectivity index (χ0) is 35.9. The number of benzene rings is 1. The molecule has 0 spiro atoms. The Balaban J connectivity index is 1.16. The number of nitrogens with one attached hydrogen (secondary N) is 1. The summed E-state index contributed by atoms with van der Waals surface area (Å²) in [5, 5.41) is 23.7. The third kappa shape index (κ3) is 5.49. The van der Waals surface area contributed by atoms with Gasteiger partial charge in [-0.15, -0.1) is 0 Å². The molecule has 1 heterocycles. The van der Waals surface area contributed by atoms with Gasteiger partial charge in [-0.2, -0.15) is 0 Å². The molecule has 0 bridgehead atoms. The predicted octanol–water partition coefficient (Wildman–Crippen LogP) is 6.09. The molecule has 3 N–H and O–H groups in total. The summed E-state index contributed by atoms with van der Waals surface area (Å²) >= 11 is 0. The second-order valence-corrected chi connectivity index (χ2v) is 20.8. The van der Waals surface area contributed by atoms with Gasteiger partial charge in [0, 0.05) is 37.6 Å². The number of aliphatic hydroxyl groups is 1. The van der Waals surface area contributed by atoms with Crippen molar-refractivity contribution in [2.45, 2.75) is 97.9 Å². The number of ketones is 1. The molecular weight excluding hydrogens is 649 g/mol. The second-order valence-electron chi connectivity index (χ2n) is 18.5. The van der Waals surface area contributed by atoms with E-state index in [1.165, 1.54) is 12.0 Å². The Bertz CT molecular complexity index is 1640. The fourth-order valence-corrected chi connectivity index (χ4v) is 15.0. The average Bonchev–Trinajstić information content (AvgIpc) is 3.45. The highest BCUT2D eigenvalue weighted by molar-refractivity contribution is 7.91. The molecule has 6 aliphatic rings. The van der Waals surface area contributed by atoms with Crippen LogP contribution in [0.1, 0.15) is 108 Å². The van der Waals surface area contributed by atoms with Crippen LogP contribution in [0.2, 0.25) is 0 Å². The van der Waals surface area contributed by atoms with Crippen LogP contribution in [0.5, 0.6) is 0 Å². The molecule has 9 heteroatoms. The van der Waals surface area contributed by atoms with Gasteiger partial charge in [0.15, 0.2) is 15.6 Å². The molecule has 5 fully saturated rings. The topological polar surface area (TPSA) is 124 Å². The summed E-state index contributed by atoms with van der Waals surface area (Å²) in [6, 6.07) is 7.45. The number of carboxylic acid groups (broad SMARTS) is 1. The normalized spacial score (nSPS) is 42.0. The van der Waals surface area contributed by atoms with E-state index in [-0.39, 0.29) is 62.9 Å². The number of carbonyl (C=O) groups excluding carboxylic acids is 1. The summed E-state index contributed by atoms with van der Waals surface area (Å²) in [4.78, 5) is 27.3. The highest BCUT2D eigenvalue weighted by atomic mass is 32.2. The molecule has 9 unspecified atom stereocenters. The van der Waals surface area contributed by atoms with Gasteiger partial charge in [-0.05, 0) is 126 Å². The second kappa shape index (κ2) is 12.5. The zero-order valence-corrected chi connectivity index (χ0v) is 31.8. The first-order valence-electron chi connectivity index (χ1n) is 19.4. The Morgan fingerprint density at radius 2 is 1.58 bits per heavy atom. The summed E-state index contributed by atoms with van der Waals surface area (Å²) in [5.74, 6) is 1.16. The maximum atomic E-state index is 13.5. The van der Waals surface area contributed by atoms with E-state index in [2.05, 4.69) is 50.9 Å². The number of carboxylic acids is 1. The van der Waals surface area contributed by atoms with Crippen molar-refractivity contribution < 1.29 is 28.2 Å². The summed E-state index contributed by atoms with van der Waals surface area (Å²) in [6.45, 7) is 15.0. The van der Waals surface area contributed by atoms with E-state index < -0.39 is 15.8 Å². The van der Waals surface area contributed by atoms with Crippen molar-refractivity contribution in [2.75, 3.05) is 44.3 Å². The van der Waals surface area contributed by atoms with Gasteiger partial charge in [-0.1, -0.05) is 52.8 Å². The summed E-state index contributed by atoms with van der Waals surface area (Å²) < 4.78 is 24.0. The van der Waals surface area contributed by atoms with Crippen molar-refractivity contribution in [3.05, 3.63) is 41.5 Å². The molecule has 1 saturated heterocycles. The smallest absolute Gasteiger partial charge is 0.335 e. The van der Waals surface area contributed by atoms with Gasteiger partial charge in [-0.25, -0.2) is 13.2 Å². The Morgan fingerprint density at radius 3 is 2.24 bits per heavy atom. The molecule has 4 saturated carbocycles. The van der Waals surface area contributed by atoms with Crippen LogP contribution >= 0.6 is 0 Å². The maximum absolute atomic E-state index is 13.5. The molecule has 0 radical (unpaired) electrons. The number of Topliss-reactive ketones (excluding diaryl/α,β-unsaturated/α-hetero) is 1. The van der Waals surface area contributed by atoms with Gasteiger partial charge >= 0.3 is 5.97 Å². The lowest BCUT2D eigenvalue weighted by Gasteiger charge is -2.72. The van der Waals surface area contributed by atoms with Gasteiger partial charge in [0.05, 0.1) is 17.1 Å². The van der Waals surface area contributed by atoms with E-state index in [9.17, 15) is 28.2 Å². The number of allylic oxidation sites excluding steroid dienone is 2. The Morgan fingerprint density at radius 1 is 0.880 bits per heavy atom. The molecule has 9 atom stereocenters. The number of hydrogen-bond donors (Lipinski definition) is 3. The quantitative estimate of drug-likeness (QED) is 0.297. The number of aliphatic hydroxyl groups excluding tert-OH is 1. The minimum atomic E-state index is -2.91. The van der Waals surface area contributed by atoms with Crippen LogP contribution < -0.4 is 5.32 Å². The Kier molecular flexibility index (Phi) is 9.09. The minimum Gasteiger partial charge on any atom is -0.478 e. The van der Waals surface area contributed by atoms with Crippen LogP contribution in [0, 0.1) is 51.2 Å². The lowest BCUT2D eigenvalue weighted by Crippen LogP contribution is -2.68. The molecule has 5 aliphatic carbocycles. The van der Waals surface area contributed by atoms with Crippen LogP contribution in [0.4, 0.5) is 0 Å². The highest BCUT2D eigenvalue weighted by Crippen LogP contribution is 2.76. The first kappa shape index (κ1) is 36.3. The van der Waals surface area contributed by atoms with Crippen LogP contribution in [-0.4, -0.2) is 85.1 Å². The van der Waals surface area contributed by atoms with E-state index in [0.717, 1.165) is 70.0 Å². The monoisotopic (exact) mass is 708 g/mol. The molecule has 276 valence electrons. The van der Waals surface area contributed by atoms with Crippen molar-refractivity contribution >= 4 is 27.2 Å². The third-order valence-corrected chi connectivity index (χ3v) is 18.0. The van der Waals surface area contributed by atoms with Crippen molar-refractivity contribution in [3.8, 4) is 0 Å². The third-order valence-electron chi connectivity index (χ3n) is 16.4. The first-order valence-corrected chi connectivity index (χ1v) is 21.2. The number of rotatable bonds is 8. The van der Waals surface area contributed by atoms with Gasteiger partial charge < -0.3 is 20.4 Å². The Labute approximate surface area is 299 Å². The molecule has 1 aromatic carbocycles. The summed E-state index contributed by atoms with van der Waals surface area (Å²) in [7, 11) is -2.91. The standard InChI is InChI=1S/C41H60N2O6S/c1-37(2)30(27-6-8-28(9-7-27)36(46)47)13-15-38(3)33(37)14-16-40(5)34(38)11-10-31-35-29(32(45)26-44)12-17-41(35,19-18-39(31,40)4)42-20-21-43-22-24-50(48,49)25-23-43/h6-9,13,29,31,33-35,42,44H,10-12,14-26H2,1-5H3,(H,46,47). The van der Waals surface area contributed by atoms with E-state index in [0.29, 0.717) is 36.4 Å². The molecule has 50 heavy (non-hydrogen) atoms. The molecule has 0 amide bonds. The molecule has 7 rings (SSSR count). The number of nitrogens with zero attached hydrogens (tertiary/aromatic N) is 1. The number of fused-ring (bicyclic) bond motifs is 7. The predicted molar refractivity (Wildman–Crippen MR) is 196 cm³/mol. The maximum Gasteiger partial charge on any atom is 0.335 e. The lowest BCUT2D eigenvalue weighted by atomic mass is 9.33. The summed E-state index contributed by atoms with van der Waals surface area (Å²) in [5.41, 5.74) is 2.98. The van der Waals surface area contributed by atoms with E-state index in [4.69, 9.17) is 0 Å². The van der Waals surface area contributed by atoms with Crippen LogP contribution in [0.25, 0.3) is 5.57 Å². The highest BCUT2D eigenvalue weighted by Gasteiger charge is 2.70. The van der Waals surface area contributed by atoms with Crippen molar-refractivity contribution in [3.63, 3.8) is 0 Å². The van der Waals surface area contributed by atoms with E-state index in [1.54, 1.807) is 12.1 Å². The van der Waals surface area contributed by atoms with Gasteiger partial charge in [-0.3, -0.25) is 4.79 Å². The number of carbonyl (C=O) groups is 2. The number of aromatic carboxylic acids is 1. The van der Waals surface area contributed by atoms with Gasteiger partial charge in [0.25, 0.3) is 0 Å². The summed E-state index contributed by atoms with van der Waals surface area (Å²) in [6.07, 6.45) is 12.1. The zero-order valence-electron chi connectivity index (χ0n) is 31.0. The molecular formula is C41H60N2O6S. The number of hydrogen-bond acceptors (Lipinski definition) is 7. The van der Waals surface area contributed by atoms with E-state index >= 15 is 0 Å². The fourth-order valence-electron chi connectivity index (χ4n) is 13.7. The fraction of sp³-hybridized carbons (Fsp3) is 0.756. The van der Waals surface area contributed by atoms with Gasteiger partial charge in [0.1, 0.15) is 6.61 Å². The van der Waals surface area contributed by atoms with Crippen LogP contribution in [-0.2, 0) is 14.6 Å². The first-order chi connectivity index (χ1) is 23.5. The molecule has 1 aromatic rings. The van der Waals surface area contributed by atoms with Crippen LogP contribution in [0.3, 0.4) is 0 Å². The Hall–Kier alpha value is -2.07. The van der Waals surface area contributed by atoms with Gasteiger partial charge in [0.2, 0.25) is 0 Å². The molecule has 0 aromatic heterocycles. The number of sulfone groups is 1. The van der Waals surface area contributed by atoms with Crippen molar-refractivity contribution in [2.24, 2.45) is 51.2 Å². The lowest BCUT2D eigenvalue weighted by molar-refractivity contribution is -0.220. The molecule has 8 nitrogen and oxygen atoms in total. The van der Waals surface area contributed by atoms with Crippen LogP contribution in [0.15, 0.2) is 30.3 Å². The molecule has 1 aliphatic heterocycles. The SMILES string of the molecule is CC1(C)C(c2ccc(C(=O)O)cc2)=CCC2(C)C1CCC1(C)C2CCC2C3C(C(=O)CO)CCC3(NCCN3CCS(=O)(=O)CC3)CCC21C. The van der Waals surface area contributed by atoms with Crippen molar-refractivity contribution in [1.29, 1.82) is 0 Å². The average molecular weight is 709 g/mol. The van der Waals surface area contributed by atoms with E-state index in [1.807, 2.05) is 12.1 Å². The van der Waals surface area contributed by atoms with Crippen molar-refractivity contribution in [1.82, 2.24) is 10.2 Å². The minimum absolute atomic E-state index is 0.00944.